The van der Waals surface area contributed by atoms with Crippen LogP contribution < -0.4 is 4.90 Å². The van der Waals surface area contributed by atoms with E-state index in [9.17, 15) is 15.0 Å². The summed E-state index contributed by atoms with van der Waals surface area (Å²) in [5.41, 5.74) is 3.78. The molecule has 0 aliphatic carbocycles. The van der Waals surface area contributed by atoms with Gasteiger partial charge < -0.3 is 15.1 Å². The van der Waals surface area contributed by atoms with Gasteiger partial charge in [-0.15, -0.1) is 0 Å². The summed E-state index contributed by atoms with van der Waals surface area (Å²) in [5, 5.41) is 20.4. The van der Waals surface area contributed by atoms with Crippen molar-refractivity contribution in [2.45, 2.75) is 19.3 Å². The van der Waals surface area contributed by atoms with Crippen LogP contribution in [0.4, 0.5) is 5.69 Å². The van der Waals surface area contributed by atoms with Crippen LogP contribution in [0.3, 0.4) is 0 Å². The summed E-state index contributed by atoms with van der Waals surface area (Å²) >= 11 is 0. The lowest BCUT2D eigenvalue weighted by Gasteiger charge is -2.32. The third kappa shape index (κ3) is 2.26. The number of phenols is 2. The van der Waals surface area contributed by atoms with Gasteiger partial charge in [0, 0.05) is 18.3 Å². The zero-order chi connectivity index (χ0) is 19.3. The largest absolute Gasteiger partial charge is 0.508 e. The Morgan fingerprint density at radius 2 is 1.30 bits per heavy atom. The number of carbonyl (C=O) groups excluding carboxylic acids is 1. The topological polar surface area (TPSA) is 60.8 Å². The van der Waals surface area contributed by atoms with Gasteiger partial charge in [0.05, 0.1) is 0 Å². The zero-order valence-corrected chi connectivity index (χ0v) is 15.5. The number of amides is 1. The molecule has 0 spiro atoms. The van der Waals surface area contributed by atoms with Crippen LogP contribution in [0, 0.1) is 13.8 Å². The molecule has 3 aromatic rings. The van der Waals surface area contributed by atoms with Crippen molar-refractivity contribution < 1.29 is 15.0 Å². The van der Waals surface area contributed by atoms with E-state index < -0.39 is 5.41 Å². The maximum Gasteiger partial charge on any atom is 0.246 e. The Labute approximate surface area is 158 Å². The zero-order valence-electron chi connectivity index (χ0n) is 15.5. The van der Waals surface area contributed by atoms with Gasteiger partial charge in [-0.2, -0.15) is 0 Å². The van der Waals surface area contributed by atoms with Gasteiger partial charge in [-0.3, -0.25) is 4.79 Å². The Bertz CT molecular complexity index is 1020. The summed E-state index contributed by atoms with van der Waals surface area (Å²) in [4.78, 5) is 15.4. The molecule has 27 heavy (non-hydrogen) atoms. The lowest BCUT2D eigenvalue weighted by molar-refractivity contribution is -0.120. The summed E-state index contributed by atoms with van der Waals surface area (Å²) in [5.74, 6) is 0.103. The first-order valence-electron chi connectivity index (χ1n) is 8.85. The highest BCUT2D eigenvalue weighted by Crippen LogP contribution is 2.52. The number of para-hydroxylation sites is 1. The number of aromatic hydroxyl groups is 2. The molecule has 0 atom stereocenters. The molecule has 4 rings (SSSR count). The Balaban J connectivity index is 2.21. The van der Waals surface area contributed by atoms with Crippen molar-refractivity contribution >= 4 is 11.6 Å². The van der Waals surface area contributed by atoms with Gasteiger partial charge in [-0.05, 0) is 66.4 Å². The van der Waals surface area contributed by atoms with Crippen molar-refractivity contribution in [3.63, 3.8) is 0 Å². The number of nitrogens with zero attached hydrogens (tertiary/aromatic N) is 1. The summed E-state index contributed by atoms with van der Waals surface area (Å²) < 4.78 is 0. The summed E-state index contributed by atoms with van der Waals surface area (Å²) in [6, 6.07) is 17.9. The van der Waals surface area contributed by atoms with Gasteiger partial charge in [0.2, 0.25) is 5.91 Å². The minimum Gasteiger partial charge on any atom is -0.508 e. The predicted molar refractivity (Wildman–Crippen MR) is 105 cm³/mol. The van der Waals surface area contributed by atoms with Crippen LogP contribution in [-0.4, -0.2) is 23.2 Å². The number of fused-ring (bicyclic) bond motifs is 1. The van der Waals surface area contributed by atoms with Gasteiger partial charge >= 0.3 is 0 Å². The van der Waals surface area contributed by atoms with Crippen LogP contribution >= 0.6 is 0 Å². The van der Waals surface area contributed by atoms with Crippen molar-refractivity contribution in [2.24, 2.45) is 0 Å². The SMILES string of the molecule is Cc1ccc(O)cc1C1(c2cc(O)ccc2C)C(=O)N(C)c2ccccc21. The van der Waals surface area contributed by atoms with Gasteiger partial charge in [-0.25, -0.2) is 0 Å². The number of likely N-dealkylation sites (N-methyl/N-ethyl adjacent to an activating group) is 1. The number of rotatable bonds is 2. The van der Waals surface area contributed by atoms with Crippen LogP contribution in [0.5, 0.6) is 11.5 Å². The van der Waals surface area contributed by atoms with Crippen molar-refractivity contribution in [1.29, 1.82) is 0 Å². The van der Waals surface area contributed by atoms with Crippen LogP contribution in [0.2, 0.25) is 0 Å². The van der Waals surface area contributed by atoms with E-state index in [-0.39, 0.29) is 17.4 Å². The van der Waals surface area contributed by atoms with E-state index in [4.69, 9.17) is 0 Å². The highest BCUT2D eigenvalue weighted by atomic mass is 16.3. The highest BCUT2D eigenvalue weighted by Gasteiger charge is 2.53. The quantitative estimate of drug-likeness (QED) is 0.726. The van der Waals surface area contributed by atoms with Crippen LogP contribution in [-0.2, 0) is 10.2 Å². The second-order valence-electron chi connectivity index (χ2n) is 7.13. The average Bonchev–Trinajstić information content (AvgIpc) is 2.88. The standard InChI is InChI=1S/C23H21NO3/c1-14-8-10-16(25)12-19(14)23(20-13-17(26)11-9-15(20)2)18-6-4-5-7-21(18)24(3)22(23)27/h4-13,25-26H,1-3H3. The van der Waals surface area contributed by atoms with Crippen LogP contribution in [0.15, 0.2) is 60.7 Å². The molecule has 0 bridgehead atoms. The van der Waals surface area contributed by atoms with E-state index in [2.05, 4.69) is 0 Å². The first-order chi connectivity index (χ1) is 12.9. The van der Waals surface area contributed by atoms with Gasteiger partial charge in [0.1, 0.15) is 16.9 Å². The minimum atomic E-state index is -1.13. The molecule has 0 fully saturated rings. The first kappa shape index (κ1) is 17.2. The first-order valence-corrected chi connectivity index (χ1v) is 8.85. The van der Waals surface area contributed by atoms with Crippen molar-refractivity contribution in [3.8, 4) is 11.5 Å². The van der Waals surface area contributed by atoms with E-state index in [0.29, 0.717) is 0 Å². The molecule has 1 aliphatic heterocycles. The van der Waals surface area contributed by atoms with E-state index in [1.165, 1.54) is 0 Å². The third-order valence-corrected chi connectivity index (χ3v) is 5.55. The van der Waals surface area contributed by atoms with Gasteiger partial charge in [0.15, 0.2) is 0 Å². The predicted octanol–water partition coefficient (Wildman–Crippen LogP) is 4.03. The van der Waals surface area contributed by atoms with Gasteiger partial charge in [-0.1, -0.05) is 30.3 Å². The fourth-order valence-electron chi connectivity index (χ4n) is 4.25. The lowest BCUT2D eigenvalue weighted by Crippen LogP contribution is -2.41. The number of aryl methyl sites for hydroxylation is 2. The Hall–Kier alpha value is -3.27. The summed E-state index contributed by atoms with van der Waals surface area (Å²) in [7, 11) is 1.76. The average molecular weight is 359 g/mol. The van der Waals surface area contributed by atoms with E-state index in [1.807, 2.05) is 50.2 Å². The summed E-state index contributed by atoms with van der Waals surface area (Å²) in [6.07, 6.45) is 0. The lowest BCUT2D eigenvalue weighted by atomic mass is 9.67. The second-order valence-corrected chi connectivity index (χ2v) is 7.13. The molecule has 1 heterocycles. The molecule has 136 valence electrons. The molecule has 2 N–H and O–H groups in total. The minimum absolute atomic E-state index is 0.104. The Morgan fingerprint density at radius 1 is 0.778 bits per heavy atom. The third-order valence-electron chi connectivity index (χ3n) is 5.55. The Morgan fingerprint density at radius 3 is 1.85 bits per heavy atom. The molecule has 1 aliphatic rings. The number of phenolic OH excluding ortho intramolecular Hbond substituents is 2. The maximum absolute atomic E-state index is 13.8. The number of benzene rings is 3. The maximum atomic E-state index is 13.8. The van der Waals surface area contributed by atoms with E-state index >= 15 is 0 Å². The number of hydrogen-bond acceptors (Lipinski definition) is 3. The molecule has 0 aromatic heterocycles. The molecule has 0 saturated heterocycles. The molecule has 1 amide bonds. The van der Waals surface area contributed by atoms with Gasteiger partial charge in [0.25, 0.3) is 0 Å². The molecule has 4 nitrogen and oxygen atoms in total. The molecule has 4 heteroatoms. The fraction of sp³-hybridized carbons (Fsp3) is 0.174. The smallest absolute Gasteiger partial charge is 0.246 e. The molecular formula is C23H21NO3. The van der Waals surface area contributed by atoms with Crippen LogP contribution in [0.25, 0.3) is 0 Å². The highest BCUT2D eigenvalue weighted by molar-refractivity contribution is 6.13. The van der Waals surface area contributed by atoms with E-state index in [1.54, 1.807) is 36.2 Å². The Kier molecular flexibility index (Phi) is 3.74. The number of carbonyl (C=O) groups is 1. The fourth-order valence-corrected chi connectivity index (χ4v) is 4.25. The van der Waals surface area contributed by atoms with Crippen molar-refractivity contribution in [3.05, 3.63) is 88.5 Å². The molecule has 0 unspecified atom stereocenters. The summed E-state index contributed by atoms with van der Waals surface area (Å²) in [6.45, 7) is 3.87. The molecule has 3 aromatic carbocycles. The van der Waals surface area contributed by atoms with Crippen molar-refractivity contribution in [1.82, 2.24) is 0 Å². The van der Waals surface area contributed by atoms with Crippen molar-refractivity contribution in [2.75, 3.05) is 11.9 Å². The number of hydrogen-bond donors (Lipinski definition) is 2. The molecule has 0 radical (unpaired) electrons. The molecular weight excluding hydrogens is 338 g/mol. The molecule has 0 saturated carbocycles. The van der Waals surface area contributed by atoms with Crippen LogP contribution in [0.1, 0.15) is 27.8 Å². The second kappa shape index (κ2) is 5.88. The monoisotopic (exact) mass is 359 g/mol. The van der Waals surface area contributed by atoms with E-state index in [0.717, 1.165) is 33.5 Å². The number of anilines is 1. The normalized spacial score (nSPS) is 15.1.